The fourth-order valence-corrected chi connectivity index (χ4v) is 3.57. The molecule has 0 spiro atoms. The van der Waals surface area contributed by atoms with E-state index >= 15 is 0 Å². The Morgan fingerprint density at radius 2 is 1.93 bits per heavy atom. The summed E-state index contributed by atoms with van der Waals surface area (Å²) in [6.07, 6.45) is -3.09. The summed E-state index contributed by atoms with van der Waals surface area (Å²) in [6.45, 7) is 3.18. The first-order valence-electron chi connectivity index (χ1n) is 9.45. The van der Waals surface area contributed by atoms with Crippen molar-refractivity contribution in [3.05, 3.63) is 59.2 Å². The predicted molar refractivity (Wildman–Crippen MR) is 109 cm³/mol. The van der Waals surface area contributed by atoms with Crippen LogP contribution in [0.25, 0.3) is 11.1 Å². The average molecular weight is 398 g/mol. The first-order valence-corrected chi connectivity index (χ1v) is 9.45. The summed E-state index contributed by atoms with van der Waals surface area (Å²) in [6, 6.07) is 13.0. The molecule has 1 fully saturated rings. The molecule has 0 radical (unpaired) electrons. The lowest BCUT2D eigenvalue weighted by molar-refractivity contribution is -0.179. The van der Waals surface area contributed by atoms with Gasteiger partial charge in [0.25, 0.3) is 0 Å². The SMILES string of the molecule is CC(=N)OC(=N)c1ccc(-c2cccc([C@H]3OC(CO)CC(O)C3O)c2)c(C)c1. The van der Waals surface area contributed by atoms with Crippen LogP contribution in [-0.2, 0) is 9.47 Å². The van der Waals surface area contributed by atoms with Crippen molar-refractivity contribution >= 4 is 11.8 Å². The van der Waals surface area contributed by atoms with Crippen LogP contribution in [0.4, 0.5) is 0 Å². The van der Waals surface area contributed by atoms with Crippen LogP contribution < -0.4 is 0 Å². The Morgan fingerprint density at radius 1 is 1.17 bits per heavy atom. The highest BCUT2D eigenvalue weighted by molar-refractivity contribution is 5.99. The van der Waals surface area contributed by atoms with Crippen molar-refractivity contribution in [3.8, 4) is 11.1 Å². The van der Waals surface area contributed by atoms with Crippen LogP contribution in [0.15, 0.2) is 42.5 Å². The molecule has 1 aliphatic heterocycles. The zero-order valence-electron chi connectivity index (χ0n) is 16.4. The summed E-state index contributed by atoms with van der Waals surface area (Å²) in [5, 5.41) is 45.2. The number of hydrogen-bond acceptors (Lipinski definition) is 7. The van der Waals surface area contributed by atoms with Crippen LogP contribution >= 0.6 is 0 Å². The lowest BCUT2D eigenvalue weighted by Gasteiger charge is -2.37. The minimum absolute atomic E-state index is 0.0427. The molecule has 3 rings (SSSR count). The highest BCUT2D eigenvalue weighted by atomic mass is 16.5. The fourth-order valence-electron chi connectivity index (χ4n) is 3.57. The molecule has 154 valence electrons. The van der Waals surface area contributed by atoms with Crippen LogP contribution in [0.2, 0.25) is 0 Å². The molecule has 0 saturated carbocycles. The number of aryl methyl sites for hydroxylation is 1. The zero-order chi connectivity index (χ0) is 21.1. The molecule has 29 heavy (non-hydrogen) atoms. The average Bonchev–Trinajstić information content (AvgIpc) is 2.69. The van der Waals surface area contributed by atoms with Gasteiger partial charge in [0.1, 0.15) is 12.2 Å². The zero-order valence-corrected chi connectivity index (χ0v) is 16.4. The molecule has 2 aromatic rings. The second-order valence-corrected chi connectivity index (χ2v) is 7.30. The van der Waals surface area contributed by atoms with E-state index in [0.29, 0.717) is 11.1 Å². The minimum atomic E-state index is -1.07. The number of rotatable bonds is 4. The number of ether oxygens (including phenoxy) is 2. The van der Waals surface area contributed by atoms with Crippen LogP contribution in [-0.4, -0.2) is 52.0 Å². The lowest BCUT2D eigenvalue weighted by Crippen LogP contribution is -2.44. The largest absolute Gasteiger partial charge is 0.426 e. The van der Waals surface area contributed by atoms with Crippen molar-refractivity contribution in [1.29, 1.82) is 10.8 Å². The summed E-state index contributed by atoms with van der Waals surface area (Å²) >= 11 is 0. The summed E-state index contributed by atoms with van der Waals surface area (Å²) < 4.78 is 10.8. The summed E-state index contributed by atoms with van der Waals surface area (Å²) in [7, 11) is 0. The van der Waals surface area contributed by atoms with Gasteiger partial charge in [0.15, 0.2) is 5.90 Å². The Balaban J connectivity index is 1.89. The van der Waals surface area contributed by atoms with E-state index in [4.69, 9.17) is 20.3 Å². The van der Waals surface area contributed by atoms with Gasteiger partial charge in [0.2, 0.25) is 5.90 Å². The number of aliphatic hydroxyl groups excluding tert-OH is 3. The van der Waals surface area contributed by atoms with Gasteiger partial charge in [-0.05, 0) is 47.4 Å². The Labute approximate surface area is 169 Å². The minimum Gasteiger partial charge on any atom is -0.426 e. The number of hydrogen-bond donors (Lipinski definition) is 5. The monoisotopic (exact) mass is 398 g/mol. The first kappa shape index (κ1) is 21.1. The van der Waals surface area contributed by atoms with Crippen molar-refractivity contribution in [2.24, 2.45) is 0 Å². The molecular weight excluding hydrogens is 372 g/mol. The van der Waals surface area contributed by atoms with Gasteiger partial charge < -0.3 is 24.8 Å². The van der Waals surface area contributed by atoms with Gasteiger partial charge >= 0.3 is 0 Å². The van der Waals surface area contributed by atoms with E-state index in [2.05, 4.69) is 0 Å². The number of nitrogens with one attached hydrogen (secondary N) is 2. The van der Waals surface area contributed by atoms with Crippen molar-refractivity contribution < 1.29 is 24.8 Å². The Bertz CT molecular complexity index is 914. The number of aliphatic hydroxyl groups is 3. The molecule has 1 saturated heterocycles. The maximum atomic E-state index is 10.4. The maximum Gasteiger partial charge on any atom is 0.220 e. The molecule has 0 amide bonds. The van der Waals surface area contributed by atoms with E-state index in [1.807, 2.05) is 43.3 Å². The van der Waals surface area contributed by atoms with Crippen molar-refractivity contribution in [1.82, 2.24) is 0 Å². The summed E-state index contributed by atoms with van der Waals surface area (Å²) in [5.74, 6) is -0.123. The lowest BCUT2D eigenvalue weighted by atomic mass is 9.90. The molecule has 4 atom stereocenters. The highest BCUT2D eigenvalue weighted by Gasteiger charge is 2.37. The van der Waals surface area contributed by atoms with E-state index in [9.17, 15) is 15.3 Å². The molecule has 0 bridgehead atoms. The molecule has 7 nitrogen and oxygen atoms in total. The molecule has 5 N–H and O–H groups in total. The smallest absolute Gasteiger partial charge is 0.220 e. The fraction of sp³-hybridized carbons (Fsp3) is 0.364. The van der Waals surface area contributed by atoms with E-state index in [1.165, 1.54) is 6.92 Å². The summed E-state index contributed by atoms with van der Waals surface area (Å²) in [4.78, 5) is 0. The van der Waals surface area contributed by atoms with Crippen molar-refractivity contribution in [3.63, 3.8) is 0 Å². The molecule has 0 aliphatic carbocycles. The Morgan fingerprint density at radius 3 is 2.59 bits per heavy atom. The molecule has 2 aromatic carbocycles. The summed E-state index contributed by atoms with van der Waals surface area (Å²) in [5.41, 5.74) is 4.06. The van der Waals surface area contributed by atoms with Crippen LogP contribution in [0.1, 0.15) is 36.1 Å². The molecule has 1 aliphatic rings. The quantitative estimate of drug-likeness (QED) is 0.400. The second-order valence-electron chi connectivity index (χ2n) is 7.30. The molecule has 0 aromatic heterocycles. The highest BCUT2D eigenvalue weighted by Crippen LogP contribution is 2.34. The first-order chi connectivity index (χ1) is 13.8. The van der Waals surface area contributed by atoms with Crippen LogP contribution in [0.3, 0.4) is 0 Å². The Hall–Kier alpha value is -2.58. The molecular formula is C22H26N2O5. The Kier molecular flexibility index (Phi) is 6.44. The molecule has 3 unspecified atom stereocenters. The molecule has 1 heterocycles. The van der Waals surface area contributed by atoms with Crippen LogP contribution in [0.5, 0.6) is 0 Å². The third-order valence-corrected chi connectivity index (χ3v) is 5.02. The van der Waals surface area contributed by atoms with Gasteiger partial charge in [-0.25, -0.2) is 0 Å². The maximum absolute atomic E-state index is 10.4. The van der Waals surface area contributed by atoms with Gasteiger partial charge in [-0.2, -0.15) is 0 Å². The topological polar surface area (TPSA) is 127 Å². The van der Waals surface area contributed by atoms with E-state index in [1.54, 1.807) is 6.07 Å². The van der Waals surface area contributed by atoms with Crippen LogP contribution in [0, 0.1) is 17.7 Å². The number of benzene rings is 2. The van der Waals surface area contributed by atoms with Crippen molar-refractivity contribution in [2.75, 3.05) is 6.61 Å². The molecule has 7 heteroatoms. The second kappa shape index (κ2) is 8.84. The van der Waals surface area contributed by atoms with Gasteiger partial charge in [-0.15, -0.1) is 0 Å². The van der Waals surface area contributed by atoms with E-state index < -0.39 is 24.4 Å². The standard InChI is InChI=1S/C22H26N2O5/c1-12-8-16(22(24)28-13(2)23)6-7-18(12)14-4-3-5-15(9-14)21-20(27)19(26)10-17(11-25)29-21/h3-9,17,19-21,23-27H,10-11H2,1-2H3/t17?,19?,20?,21-/m1/s1. The van der Waals surface area contributed by atoms with Gasteiger partial charge in [0, 0.05) is 18.9 Å². The van der Waals surface area contributed by atoms with Gasteiger partial charge in [0.05, 0.1) is 18.8 Å². The van der Waals surface area contributed by atoms with Gasteiger partial charge in [-0.3, -0.25) is 10.8 Å². The van der Waals surface area contributed by atoms with Gasteiger partial charge in [-0.1, -0.05) is 24.3 Å². The van der Waals surface area contributed by atoms with E-state index in [0.717, 1.165) is 16.7 Å². The predicted octanol–water partition coefficient (Wildman–Crippen LogP) is 2.55. The van der Waals surface area contributed by atoms with E-state index in [-0.39, 0.29) is 24.8 Å². The third-order valence-electron chi connectivity index (χ3n) is 5.02. The third kappa shape index (κ3) is 4.71. The normalized spacial score (nSPS) is 24.2. The van der Waals surface area contributed by atoms with Crippen molar-refractivity contribution in [2.45, 2.75) is 44.7 Å².